The van der Waals surface area contributed by atoms with Gasteiger partial charge in [-0.15, -0.1) is 12.4 Å². The number of piperazine rings is 1. The van der Waals surface area contributed by atoms with Crippen molar-refractivity contribution in [3.05, 3.63) is 46.8 Å². The molecular weight excluding hydrogens is 344 g/mol. The standard InChI is InChI=1S/C17H20N4O3.ClH/c1-11-3-4-13(10-14(11)18)16(22)20-5-7-21(8-6-20)17(23)15-9-12(2)19-24-15;/h3-4,9-10H,5-8,18H2,1-2H3;1H. The highest BCUT2D eigenvalue weighted by Crippen LogP contribution is 2.16. The Hall–Kier alpha value is -2.54. The third-order valence-electron chi connectivity index (χ3n) is 4.22. The van der Waals surface area contributed by atoms with E-state index in [0.717, 1.165) is 5.56 Å². The minimum Gasteiger partial charge on any atom is -0.398 e. The molecule has 1 aromatic heterocycles. The van der Waals surface area contributed by atoms with Gasteiger partial charge < -0.3 is 20.1 Å². The molecule has 2 amide bonds. The zero-order valence-electron chi connectivity index (χ0n) is 14.2. The van der Waals surface area contributed by atoms with Gasteiger partial charge in [0.25, 0.3) is 11.8 Å². The maximum Gasteiger partial charge on any atom is 0.292 e. The van der Waals surface area contributed by atoms with Crippen molar-refractivity contribution in [2.45, 2.75) is 13.8 Å². The van der Waals surface area contributed by atoms with Crippen molar-refractivity contribution in [1.29, 1.82) is 0 Å². The number of hydrogen-bond donors (Lipinski definition) is 1. The normalized spacial score (nSPS) is 14.2. The molecule has 134 valence electrons. The fourth-order valence-corrected chi connectivity index (χ4v) is 2.69. The van der Waals surface area contributed by atoms with Gasteiger partial charge in [0, 0.05) is 43.5 Å². The second kappa shape index (κ2) is 7.57. The van der Waals surface area contributed by atoms with Gasteiger partial charge in [0.15, 0.2) is 0 Å². The highest BCUT2D eigenvalue weighted by atomic mass is 35.5. The molecule has 7 nitrogen and oxygen atoms in total. The summed E-state index contributed by atoms with van der Waals surface area (Å²) in [4.78, 5) is 28.3. The first kappa shape index (κ1) is 18.8. The van der Waals surface area contributed by atoms with Crippen molar-refractivity contribution < 1.29 is 14.1 Å². The molecule has 25 heavy (non-hydrogen) atoms. The van der Waals surface area contributed by atoms with Gasteiger partial charge in [-0.05, 0) is 31.5 Å². The molecule has 0 saturated carbocycles. The number of amides is 2. The SMILES string of the molecule is Cc1cc(C(=O)N2CCN(C(=O)c3ccc(C)c(N)c3)CC2)on1.Cl. The first-order valence-electron chi connectivity index (χ1n) is 7.83. The van der Waals surface area contributed by atoms with Gasteiger partial charge >= 0.3 is 0 Å². The number of halogens is 1. The van der Waals surface area contributed by atoms with Crippen LogP contribution in [0.5, 0.6) is 0 Å². The van der Waals surface area contributed by atoms with E-state index in [-0.39, 0.29) is 30.0 Å². The second-order valence-corrected chi connectivity index (χ2v) is 5.99. The quantitative estimate of drug-likeness (QED) is 0.821. The van der Waals surface area contributed by atoms with Crippen LogP contribution in [-0.2, 0) is 0 Å². The largest absolute Gasteiger partial charge is 0.398 e. The number of nitrogen functional groups attached to an aromatic ring is 1. The fourth-order valence-electron chi connectivity index (χ4n) is 2.69. The smallest absolute Gasteiger partial charge is 0.292 e. The molecule has 0 radical (unpaired) electrons. The number of hydrogen-bond acceptors (Lipinski definition) is 5. The Bertz CT molecular complexity index is 782. The molecule has 0 aliphatic carbocycles. The summed E-state index contributed by atoms with van der Waals surface area (Å²) in [6, 6.07) is 6.94. The van der Waals surface area contributed by atoms with E-state index < -0.39 is 0 Å². The lowest BCUT2D eigenvalue weighted by Gasteiger charge is -2.34. The number of benzene rings is 1. The van der Waals surface area contributed by atoms with Gasteiger partial charge in [0.2, 0.25) is 5.76 Å². The Morgan fingerprint density at radius 2 is 1.64 bits per heavy atom. The van der Waals surface area contributed by atoms with E-state index in [0.29, 0.717) is 43.1 Å². The lowest BCUT2D eigenvalue weighted by Crippen LogP contribution is -2.50. The van der Waals surface area contributed by atoms with E-state index >= 15 is 0 Å². The number of nitrogens with two attached hydrogens (primary N) is 1. The summed E-state index contributed by atoms with van der Waals surface area (Å²) in [6.45, 7) is 5.55. The van der Waals surface area contributed by atoms with Crippen LogP contribution < -0.4 is 5.73 Å². The van der Waals surface area contributed by atoms with Crippen molar-refractivity contribution in [2.75, 3.05) is 31.9 Å². The molecule has 2 aromatic rings. The molecule has 0 spiro atoms. The van der Waals surface area contributed by atoms with Crippen LogP contribution in [0, 0.1) is 13.8 Å². The van der Waals surface area contributed by atoms with Crippen molar-refractivity contribution in [2.24, 2.45) is 0 Å². The number of anilines is 1. The predicted molar refractivity (Wildman–Crippen MR) is 95.9 cm³/mol. The molecule has 2 N–H and O–H groups in total. The van der Waals surface area contributed by atoms with Crippen molar-refractivity contribution >= 4 is 29.9 Å². The molecule has 1 aliphatic rings. The van der Waals surface area contributed by atoms with Crippen LogP contribution in [0.1, 0.15) is 32.2 Å². The molecule has 8 heteroatoms. The summed E-state index contributed by atoms with van der Waals surface area (Å²) >= 11 is 0. The lowest BCUT2D eigenvalue weighted by atomic mass is 10.1. The highest BCUT2D eigenvalue weighted by Gasteiger charge is 2.27. The number of aryl methyl sites for hydroxylation is 2. The van der Waals surface area contributed by atoms with Crippen molar-refractivity contribution in [3.8, 4) is 0 Å². The van der Waals surface area contributed by atoms with Gasteiger partial charge in [-0.2, -0.15) is 0 Å². The number of nitrogens with zero attached hydrogens (tertiary/aromatic N) is 3. The van der Waals surface area contributed by atoms with Crippen LogP contribution in [0.25, 0.3) is 0 Å². The van der Waals surface area contributed by atoms with Gasteiger partial charge in [-0.3, -0.25) is 9.59 Å². The Balaban J connectivity index is 0.00000225. The second-order valence-electron chi connectivity index (χ2n) is 5.99. The van der Waals surface area contributed by atoms with E-state index in [2.05, 4.69) is 5.16 Å². The van der Waals surface area contributed by atoms with Crippen LogP contribution in [0.15, 0.2) is 28.8 Å². The molecule has 1 fully saturated rings. The van der Waals surface area contributed by atoms with E-state index in [1.54, 1.807) is 34.9 Å². The van der Waals surface area contributed by atoms with E-state index in [1.165, 1.54) is 0 Å². The molecule has 2 heterocycles. The average molecular weight is 365 g/mol. The predicted octanol–water partition coefficient (Wildman–Crippen LogP) is 1.89. The van der Waals surface area contributed by atoms with Crippen LogP contribution in [0.3, 0.4) is 0 Å². The third kappa shape index (κ3) is 3.93. The molecule has 0 bridgehead atoms. The van der Waals surface area contributed by atoms with Crippen LogP contribution in [0.4, 0.5) is 5.69 Å². The molecular formula is C17H21ClN4O3. The van der Waals surface area contributed by atoms with Crippen LogP contribution in [0.2, 0.25) is 0 Å². The lowest BCUT2D eigenvalue weighted by molar-refractivity contribution is 0.0512. The van der Waals surface area contributed by atoms with E-state index in [4.69, 9.17) is 10.3 Å². The molecule has 0 atom stereocenters. The Labute approximate surface area is 152 Å². The molecule has 1 aliphatic heterocycles. The Kier molecular flexibility index (Phi) is 5.69. The van der Waals surface area contributed by atoms with Crippen LogP contribution >= 0.6 is 12.4 Å². The van der Waals surface area contributed by atoms with E-state index in [9.17, 15) is 9.59 Å². The van der Waals surface area contributed by atoms with Gasteiger partial charge in [0.05, 0.1) is 5.69 Å². The number of carbonyl (C=O) groups is 2. The van der Waals surface area contributed by atoms with Gasteiger partial charge in [-0.1, -0.05) is 11.2 Å². The number of aromatic nitrogens is 1. The first-order valence-corrected chi connectivity index (χ1v) is 7.83. The van der Waals surface area contributed by atoms with Crippen LogP contribution in [-0.4, -0.2) is 52.9 Å². The summed E-state index contributed by atoms with van der Waals surface area (Å²) < 4.78 is 5.01. The first-order chi connectivity index (χ1) is 11.5. The van der Waals surface area contributed by atoms with Crippen molar-refractivity contribution in [1.82, 2.24) is 15.0 Å². The Morgan fingerprint density at radius 1 is 1.04 bits per heavy atom. The maximum atomic E-state index is 12.6. The summed E-state index contributed by atoms with van der Waals surface area (Å²) in [5.74, 6) is -0.0230. The van der Waals surface area contributed by atoms with Gasteiger partial charge in [-0.25, -0.2) is 0 Å². The molecule has 0 unspecified atom stereocenters. The van der Waals surface area contributed by atoms with E-state index in [1.807, 2.05) is 13.0 Å². The average Bonchev–Trinajstić information content (AvgIpc) is 3.02. The number of rotatable bonds is 2. The number of carbonyl (C=O) groups excluding carboxylic acids is 2. The zero-order valence-corrected chi connectivity index (χ0v) is 15.0. The summed E-state index contributed by atoms with van der Waals surface area (Å²) in [6.07, 6.45) is 0. The Morgan fingerprint density at radius 3 is 2.16 bits per heavy atom. The fraction of sp³-hybridized carbons (Fsp3) is 0.353. The zero-order chi connectivity index (χ0) is 17.3. The molecule has 1 aromatic carbocycles. The van der Waals surface area contributed by atoms with Gasteiger partial charge in [0.1, 0.15) is 0 Å². The van der Waals surface area contributed by atoms with Crippen molar-refractivity contribution in [3.63, 3.8) is 0 Å². The maximum absolute atomic E-state index is 12.6. The summed E-state index contributed by atoms with van der Waals surface area (Å²) in [5, 5.41) is 3.73. The molecule has 3 rings (SSSR count). The third-order valence-corrected chi connectivity index (χ3v) is 4.22. The minimum absolute atomic E-state index is 0. The topological polar surface area (TPSA) is 92.7 Å². The molecule has 1 saturated heterocycles. The monoisotopic (exact) mass is 364 g/mol. The minimum atomic E-state index is -0.192. The summed E-state index contributed by atoms with van der Waals surface area (Å²) in [5.41, 5.74) is 8.67. The summed E-state index contributed by atoms with van der Waals surface area (Å²) in [7, 11) is 0. The highest BCUT2D eigenvalue weighted by molar-refractivity contribution is 5.96.